The third-order valence-electron chi connectivity index (χ3n) is 2.36. The second kappa shape index (κ2) is 4.22. The van der Waals surface area contributed by atoms with Gasteiger partial charge in [-0.05, 0) is 35.9 Å². The van der Waals surface area contributed by atoms with E-state index in [0.29, 0.717) is 5.56 Å². The van der Waals surface area contributed by atoms with Gasteiger partial charge in [-0.25, -0.2) is 8.78 Å². The van der Waals surface area contributed by atoms with Crippen molar-refractivity contribution in [2.75, 3.05) is 0 Å². The molecule has 0 heterocycles. The van der Waals surface area contributed by atoms with Gasteiger partial charge < -0.3 is 5.11 Å². The molecule has 0 unspecified atom stereocenters. The Kier molecular flexibility index (Phi) is 2.75. The van der Waals surface area contributed by atoms with E-state index in [4.69, 9.17) is 5.26 Å². The number of halogens is 2. The first-order valence-corrected chi connectivity index (χ1v) is 4.80. The molecule has 0 aliphatic carbocycles. The molecule has 0 bridgehead atoms. The summed E-state index contributed by atoms with van der Waals surface area (Å²) < 4.78 is 26.5. The molecule has 0 atom stereocenters. The van der Waals surface area contributed by atoms with Gasteiger partial charge in [0.2, 0.25) is 0 Å². The van der Waals surface area contributed by atoms with Gasteiger partial charge in [0.05, 0.1) is 5.56 Å². The summed E-state index contributed by atoms with van der Waals surface area (Å²) in [6, 6.07) is 8.87. The lowest BCUT2D eigenvalue weighted by Crippen LogP contribution is -1.87. The Morgan fingerprint density at radius 1 is 1.06 bits per heavy atom. The van der Waals surface area contributed by atoms with E-state index in [1.165, 1.54) is 18.2 Å². The number of hydrogen-bond acceptors (Lipinski definition) is 2. The maximum absolute atomic E-state index is 13.5. The van der Waals surface area contributed by atoms with Crippen LogP contribution in [0.25, 0.3) is 11.1 Å². The van der Waals surface area contributed by atoms with Crippen molar-refractivity contribution in [3.63, 3.8) is 0 Å². The Balaban J connectivity index is 2.61. The van der Waals surface area contributed by atoms with Crippen molar-refractivity contribution in [2.24, 2.45) is 0 Å². The van der Waals surface area contributed by atoms with Crippen molar-refractivity contribution < 1.29 is 13.9 Å². The third-order valence-corrected chi connectivity index (χ3v) is 2.36. The minimum absolute atomic E-state index is 0.0196. The number of rotatable bonds is 1. The minimum Gasteiger partial charge on any atom is -0.507 e. The van der Waals surface area contributed by atoms with Crippen LogP contribution in [0.3, 0.4) is 0 Å². The molecule has 84 valence electrons. The molecule has 0 aliphatic rings. The molecule has 2 aromatic rings. The van der Waals surface area contributed by atoms with Crippen LogP contribution >= 0.6 is 0 Å². The Bertz CT molecular complexity index is 617. The number of hydrogen-bond donors (Lipinski definition) is 1. The lowest BCUT2D eigenvalue weighted by molar-refractivity contribution is 0.473. The standard InChI is InChI=1S/C13H7F2NO/c14-10-2-3-12(15)11(6-10)8-1-4-13(17)9(5-8)7-16/h1-6,17H. The van der Waals surface area contributed by atoms with E-state index >= 15 is 0 Å². The molecule has 0 saturated heterocycles. The number of aromatic hydroxyl groups is 1. The Morgan fingerprint density at radius 3 is 2.53 bits per heavy atom. The molecule has 0 saturated carbocycles. The van der Waals surface area contributed by atoms with Crippen LogP contribution in [0, 0.1) is 23.0 Å². The average molecular weight is 231 g/mol. The zero-order valence-electron chi connectivity index (χ0n) is 8.61. The van der Waals surface area contributed by atoms with Crippen molar-refractivity contribution >= 4 is 0 Å². The first kappa shape index (κ1) is 11.1. The van der Waals surface area contributed by atoms with Crippen molar-refractivity contribution in [1.29, 1.82) is 5.26 Å². The fourth-order valence-corrected chi connectivity index (χ4v) is 1.51. The van der Waals surface area contributed by atoms with Crippen LogP contribution in [-0.4, -0.2) is 5.11 Å². The SMILES string of the molecule is N#Cc1cc(-c2cc(F)ccc2F)ccc1O. The maximum Gasteiger partial charge on any atom is 0.133 e. The predicted molar refractivity (Wildman–Crippen MR) is 58.2 cm³/mol. The smallest absolute Gasteiger partial charge is 0.133 e. The van der Waals surface area contributed by atoms with Crippen LogP contribution in [0.2, 0.25) is 0 Å². The highest BCUT2D eigenvalue weighted by atomic mass is 19.1. The third kappa shape index (κ3) is 2.08. The highest BCUT2D eigenvalue weighted by molar-refractivity contribution is 5.67. The fraction of sp³-hybridized carbons (Fsp3) is 0. The Hall–Kier alpha value is -2.41. The Morgan fingerprint density at radius 2 is 1.82 bits per heavy atom. The summed E-state index contributed by atoms with van der Waals surface area (Å²) in [6.07, 6.45) is 0. The van der Waals surface area contributed by atoms with Gasteiger partial charge in [0, 0.05) is 5.56 Å². The van der Waals surface area contributed by atoms with E-state index in [0.717, 1.165) is 18.2 Å². The highest BCUT2D eigenvalue weighted by Crippen LogP contribution is 2.27. The summed E-state index contributed by atoms with van der Waals surface area (Å²) in [7, 11) is 0. The van der Waals surface area contributed by atoms with Crippen molar-refractivity contribution in [2.45, 2.75) is 0 Å². The van der Waals surface area contributed by atoms with E-state index in [1.54, 1.807) is 6.07 Å². The average Bonchev–Trinajstić information content (AvgIpc) is 2.33. The zero-order chi connectivity index (χ0) is 12.4. The lowest BCUT2D eigenvalue weighted by Gasteiger charge is -2.05. The van der Waals surface area contributed by atoms with E-state index in [2.05, 4.69) is 0 Å². The molecule has 1 N–H and O–H groups in total. The number of nitriles is 1. The second-order valence-electron chi connectivity index (χ2n) is 3.47. The molecule has 0 aromatic heterocycles. The fourth-order valence-electron chi connectivity index (χ4n) is 1.51. The van der Waals surface area contributed by atoms with Gasteiger partial charge in [0.1, 0.15) is 23.5 Å². The monoisotopic (exact) mass is 231 g/mol. The van der Waals surface area contributed by atoms with E-state index in [-0.39, 0.29) is 16.9 Å². The normalized spacial score (nSPS) is 9.94. The molecule has 2 aromatic carbocycles. The number of benzene rings is 2. The van der Waals surface area contributed by atoms with Gasteiger partial charge >= 0.3 is 0 Å². The molecule has 17 heavy (non-hydrogen) atoms. The van der Waals surface area contributed by atoms with Gasteiger partial charge in [-0.2, -0.15) is 5.26 Å². The summed E-state index contributed by atoms with van der Waals surface area (Å²) in [5.41, 5.74) is 0.420. The van der Waals surface area contributed by atoms with Gasteiger partial charge in [-0.1, -0.05) is 6.07 Å². The van der Waals surface area contributed by atoms with Crippen LogP contribution in [0.5, 0.6) is 5.75 Å². The van der Waals surface area contributed by atoms with Crippen molar-refractivity contribution in [1.82, 2.24) is 0 Å². The molecule has 4 heteroatoms. The van der Waals surface area contributed by atoms with Gasteiger partial charge in [0.25, 0.3) is 0 Å². The topological polar surface area (TPSA) is 44.0 Å². The molecule has 0 amide bonds. The molecule has 2 nitrogen and oxygen atoms in total. The van der Waals surface area contributed by atoms with E-state index in [9.17, 15) is 13.9 Å². The van der Waals surface area contributed by atoms with Crippen LogP contribution < -0.4 is 0 Å². The van der Waals surface area contributed by atoms with Crippen molar-refractivity contribution in [3.8, 4) is 22.9 Å². The molecule has 2 rings (SSSR count). The van der Waals surface area contributed by atoms with Crippen LogP contribution in [0.4, 0.5) is 8.78 Å². The first-order valence-electron chi connectivity index (χ1n) is 4.80. The first-order chi connectivity index (χ1) is 8.11. The molecular weight excluding hydrogens is 224 g/mol. The summed E-state index contributed by atoms with van der Waals surface area (Å²) in [5.74, 6) is -1.33. The summed E-state index contributed by atoms with van der Waals surface area (Å²) in [5, 5.41) is 18.1. The summed E-state index contributed by atoms with van der Waals surface area (Å²) in [4.78, 5) is 0. The quantitative estimate of drug-likeness (QED) is 0.818. The molecule has 0 aliphatic heterocycles. The van der Waals surface area contributed by atoms with Crippen molar-refractivity contribution in [3.05, 3.63) is 53.6 Å². The molecule has 0 spiro atoms. The van der Waals surface area contributed by atoms with Gasteiger partial charge in [0.15, 0.2) is 0 Å². The van der Waals surface area contributed by atoms with E-state index in [1.807, 2.05) is 0 Å². The second-order valence-corrected chi connectivity index (χ2v) is 3.47. The zero-order valence-corrected chi connectivity index (χ0v) is 8.61. The summed E-state index contributed by atoms with van der Waals surface area (Å²) >= 11 is 0. The highest BCUT2D eigenvalue weighted by Gasteiger charge is 2.09. The Labute approximate surface area is 96.4 Å². The largest absolute Gasteiger partial charge is 0.507 e. The predicted octanol–water partition coefficient (Wildman–Crippen LogP) is 3.21. The molecule has 0 radical (unpaired) electrons. The summed E-state index contributed by atoms with van der Waals surface area (Å²) in [6.45, 7) is 0. The number of phenolic OH excluding ortho intramolecular Hbond substituents is 1. The molecule has 0 fully saturated rings. The van der Waals surface area contributed by atoms with Crippen LogP contribution in [-0.2, 0) is 0 Å². The number of nitrogens with zero attached hydrogens (tertiary/aromatic N) is 1. The molecular formula is C13H7F2NO. The maximum atomic E-state index is 13.5. The van der Waals surface area contributed by atoms with Gasteiger partial charge in [-0.15, -0.1) is 0 Å². The van der Waals surface area contributed by atoms with Crippen LogP contribution in [0.15, 0.2) is 36.4 Å². The number of phenols is 1. The minimum atomic E-state index is -0.582. The van der Waals surface area contributed by atoms with Gasteiger partial charge in [-0.3, -0.25) is 0 Å². The lowest BCUT2D eigenvalue weighted by atomic mass is 10.0. The van der Waals surface area contributed by atoms with E-state index < -0.39 is 11.6 Å². The van der Waals surface area contributed by atoms with Crippen LogP contribution in [0.1, 0.15) is 5.56 Å².